The van der Waals surface area contributed by atoms with Crippen LogP contribution in [0.15, 0.2) is 54.9 Å². The molecule has 1 aliphatic heterocycles. The third-order valence-corrected chi connectivity index (χ3v) is 4.59. The van der Waals surface area contributed by atoms with Crippen LogP contribution in [0.2, 0.25) is 5.02 Å². The van der Waals surface area contributed by atoms with Crippen LogP contribution >= 0.6 is 11.6 Å². The number of halogens is 1. The quantitative estimate of drug-likeness (QED) is 0.739. The number of nitrogens with zero attached hydrogens (tertiary/aromatic N) is 3. The van der Waals surface area contributed by atoms with Crippen LogP contribution in [0.4, 0.5) is 0 Å². The monoisotopic (exact) mass is 325 g/mol. The zero-order chi connectivity index (χ0) is 15.8. The Morgan fingerprint density at radius 3 is 2.74 bits per heavy atom. The number of benzene rings is 1. The van der Waals surface area contributed by atoms with Gasteiger partial charge in [-0.1, -0.05) is 29.8 Å². The highest BCUT2D eigenvalue weighted by atomic mass is 35.5. The number of pyridine rings is 1. The second-order valence-electron chi connectivity index (χ2n) is 5.82. The third kappa shape index (κ3) is 2.70. The molecule has 1 amide bonds. The molecule has 4 nitrogen and oxygen atoms in total. The summed E-state index contributed by atoms with van der Waals surface area (Å²) < 4.78 is 1.94. The fourth-order valence-corrected chi connectivity index (χ4v) is 3.17. The van der Waals surface area contributed by atoms with E-state index in [1.54, 1.807) is 0 Å². The summed E-state index contributed by atoms with van der Waals surface area (Å²) in [5, 5.41) is 0.718. The SMILES string of the molecule is O=C(Cc1cn2ccccc2n1)N1CC[C@H]1c1ccc(Cl)cc1. The molecule has 0 radical (unpaired) electrons. The number of hydrogen-bond donors (Lipinski definition) is 0. The van der Waals surface area contributed by atoms with Gasteiger partial charge in [-0.3, -0.25) is 4.79 Å². The van der Waals surface area contributed by atoms with Crippen LogP contribution in [-0.2, 0) is 11.2 Å². The zero-order valence-electron chi connectivity index (χ0n) is 12.5. The maximum atomic E-state index is 12.6. The highest BCUT2D eigenvalue weighted by Crippen LogP contribution is 2.34. The minimum absolute atomic E-state index is 0.125. The molecule has 4 rings (SSSR count). The Morgan fingerprint density at radius 1 is 1.22 bits per heavy atom. The van der Waals surface area contributed by atoms with Gasteiger partial charge in [0.1, 0.15) is 5.65 Å². The number of amides is 1. The normalized spacial score (nSPS) is 17.3. The van der Waals surface area contributed by atoms with Gasteiger partial charge in [-0.05, 0) is 36.2 Å². The van der Waals surface area contributed by atoms with Gasteiger partial charge < -0.3 is 9.30 Å². The number of imidazole rings is 1. The fourth-order valence-electron chi connectivity index (χ4n) is 3.05. The molecular formula is C18H16ClN3O. The van der Waals surface area contributed by atoms with Crippen molar-refractivity contribution >= 4 is 23.2 Å². The number of aromatic nitrogens is 2. The summed E-state index contributed by atoms with van der Waals surface area (Å²) in [6.45, 7) is 0.805. The van der Waals surface area contributed by atoms with Gasteiger partial charge in [0.05, 0.1) is 18.2 Å². The van der Waals surface area contributed by atoms with Crippen molar-refractivity contribution in [1.29, 1.82) is 0 Å². The fraction of sp³-hybridized carbons (Fsp3) is 0.222. The van der Waals surface area contributed by atoms with E-state index >= 15 is 0 Å². The summed E-state index contributed by atoms with van der Waals surface area (Å²) in [4.78, 5) is 19.0. The van der Waals surface area contributed by atoms with Gasteiger partial charge >= 0.3 is 0 Å². The lowest BCUT2D eigenvalue weighted by atomic mass is 9.94. The van der Waals surface area contributed by atoms with Gasteiger partial charge in [0.15, 0.2) is 0 Å². The lowest BCUT2D eigenvalue weighted by molar-refractivity contribution is -0.138. The van der Waals surface area contributed by atoms with Crippen molar-refractivity contribution < 1.29 is 4.79 Å². The first-order valence-electron chi connectivity index (χ1n) is 7.68. The van der Waals surface area contributed by atoms with Crippen molar-refractivity contribution in [1.82, 2.24) is 14.3 Å². The molecule has 3 aromatic rings. The minimum atomic E-state index is 0.125. The van der Waals surface area contributed by atoms with E-state index in [2.05, 4.69) is 4.98 Å². The average Bonchev–Trinajstić information content (AvgIpc) is 2.90. The Balaban J connectivity index is 1.49. The zero-order valence-corrected chi connectivity index (χ0v) is 13.3. The van der Waals surface area contributed by atoms with E-state index in [1.807, 2.05) is 64.2 Å². The molecule has 0 unspecified atom stereocenters. The Bertz CT molecular complexity index is 823. The van der Waals surface area contributed by atoms with E-state index in [9.17, 15) is 4.79 Å². The second kappa shape index (κ2) is 5.70. The molecule has 0 N–H and O–H groups in total. The number of hydrogen-bond acceptors (Lipinski definition) is 2. The van der Waals surface area contributed by atoms with Crippen LogP contribution in [0.5, 0.6) is 0 Å². The molecule has 116 valence electrons. The van der Waals surface area contributed by atoms with E-state index in [0.717, 1.165) is 34.9 Å². The molecule has 0 saturated carbocycles. The Kier molecular flexibility index (Phi) is 3.54. The molecule has 1 saturated heterocycles. The summed E-state index contributed by atoms with van der Waals surface area (Å²) in [6, 6.07) is 13.7. The van der Waals surface area contributed by atoms with E-state index in [1.165, 1.54) is 0 Å². The Morgan fingerprint density at radius 2 is 2.04 bits per heavy atom. The van der Waals surface area contributed by atoms with E-state index in [-0.39, 0.29) is 11.9 Å². The molecule has 1 atom stereocenters. The van der Waals surface area contributed by atoms with Gasteiger partial charge in [-0.2, -0.15) is 0 Å². The lowest BCUT2D eigenvalue weighted by Gasteiger charge is -2.41. The molecule has 3 heterocycles. The first kappa shape index (κ1) is 14.3. The molecule has 23 heavy (non-hydrogen) atoms. The van der Waals surface area contributed by atoms with Gasteiger partial charge in [-0.15, -0.1) is 0 Å². The van der Waals surface area contributed by atoms with Crippen molar-refractivity contribution in [3.05, 3.63) is 71.1 Å². The largest absolute Gasteiger partial charge is 0.335 e. The first-order chi connectivity index (χ1) is 11.2. The maximum absolute atomic E-state index is 12.6. The Labute approximate surface area is 139 Å². The Hall–Kier alpha value is -2.33. The maximum Gasteiger partial charge on any atom is 0.229 e. The van der Waals surface area contributed by atoms with Crippen LogP contribution in [0, 0.1) is 0 Å². The van der Waals surface area contributed by atoms with Gasteiger partial charge in [-0.25, -0.2) is 4.98 Å². The van der Waals surface area contributed by atoms with Crippen molar-refractivity contribution in [2.75, 3.05) is 6.54 Å². The van der Waals surface area contributed by atoms with Crippen LogP contribution in [0.3, 0.4) is 0 Å². The number of carbonyl (C=O) groups excluding carboxylic acids is 1. The van der Waals surface area contributed by atoms with Crippen LogP contribution in [-0.4, -0.2) is 26.7 Å². The smallest absolute Gasteiger partial charge is 0.229 e. The number of carbonyl (C=O) groups is 1. The number of rotatable bonds is 3. The average molecular weight is 326 g/mol. The van der Waals surface area contributed by atoms with Crippen molar-refractivity contribution in [3.8, 4) is 0 Å². The van der Waals surface area contributed by atoms with E-state index in [4.69, 9.17) is 11.6 Å². The predicted molar refractivity (Wildman–Crippen MR) is 89.4 cm³/mol. The van der Waals surface area contributed by atoms with Gasteiger partial charge in [0, 0.05) is 24.0 Å². The van der Waals surface area contributed by atoms with Crippen LogP contribution in [0.1, 0.15) is 23.7 Å². The number of fused-ring (bicyclic) bond motifs is 1. The van der Waals surface area contributed by atoms with Gasteiger partial charge in [0.25, 0.3) is 0 Å². The van der Waals surface area contributed by atoms with Crippen LogP contribution in [0.25, 0.3) is 5.65 Å². The minimum Gasteiger partial charge on any atom is -0.335 e. The molecule has 1 aromatic carbocycles. The van der Waals surface area contributed by atoms with Crippen LogP contribution < -0.4 is 0 Å². The summed E-state index contributed by atoms with van der Waals surface area (Å²) in [5.41, 5.74) is 2.82. The highest BCUT2D eigenvalue weighted by molar-refractivity contribution is 6.30. The first-order valence-corrected chi connectivity index (χ1v) is 8.06. The molecule has 1 fully saturated rings. The summed E-state index contributed by atoms with van der Waals surface area (Å²) in [6.07, 6.45) is 5.20. The predicted octanol–water partition coefficient (Wildman–Crippen LogP) is 3.50. The summed E-state index contributed by atoms with van der Waals surface area (Å²) in [7, 11) is 0. The standard InChI is InChI=1S/C18H16ClN3O/c19-14-6-4-13(5-7-14)16-8-10-22(16)18(23)11-15-12-21-9-2-1-3-17(21)20-15/h1-7,9,12,16H,8,10-11H2/t16-/m0/s1. The molecular weight excluding hydrogens is 310 g/mol. The topological polar surface area (TPSA) is 37.6 Å². The van der Waals surface area contributed by atoms with Crippen molar-refractivity contribution in [2.24, 2.45) is 0 Å². The van der Waals surface area contributed by atoms with Crippen molar-refractivity contribution in [2.45, 2.75) is 18.9 Å². The highest BCUT2D eigenvalue weighted by Gasteiger charge is 2.33. The molecule has 0 aliphatic carbocycles. The second-order valence-corrected chi connectivity index (χ2v) is 6.25. The molecule has 5 heteroatoms. The lowest BCUT2D eigenvalue weighted by Crippen LogP contribution is -2.45. The summed E-state index contributed by atoms with van der Waals surface area (Å²) >= 11 is 5.93. The van der Waals surface area contributed by atoms with Crippen molar-refractivity contribution in [3.63, 3.8) is 0 Å². The van der Waals surface area contributed by atoms with E-state index in [0.29, 0.717) is 6.42 Å². The molecule has 2 aromatic heterocycles. The van der Waals surface area contributed by atoms with E-state index < -0.39 is 0 Å². The number of likely N-dealkylation sites (tertiary alicyclic amines) is 1. The molecule has 1 aliphatic rings. The molecule has 0 bridgehead atoms. The third-order valence-electron chi connectivity index (χ3n) is 4.34. The molecule has 0 spiro atoms. The van der Waals surface area contributed by atoms with Gasteiger partial charge in [0.2, 0.25) is 5.91 Å². The summed E-state index contributed by atoms with van der Waals surface area (Å²) in [5.74, 6) is 0.125.